The van der Waals surface area contributed by atoms with Crippen LogP contribution in [0.5, 0.6) is 5.75 Å². The van der Waals surface area contributed by atoms with Crippen molar-refractivity contribution in [3.63, 3.8) is 0 Å². The highest BCUT2D eigenvalue weighted by molar-refractivity contribution is 5.96. The number of nitrogens with zero attached hydrogens (tertiary/aromatic N) is 2. The molecule has 0 bridgehead atoms. The number of hydrogen-bond acceptors (Lipinski definition) is 3. The monoisotopic (exact) mass is 338 g/mol. The van der Waals surface area contributed by atoms with Gasteiger partial charge >= 0.3 is 0 Å². The molecule has 0 atom stereocenters. The Bertz CT molecular complexity index is 763. The molecule has 0 radical (unpaired) electrons. The molecule has 0 saturated carbocycles. The van der Waals surface area contributed by atoms with Gasteiger partial charge in [0.15, 0.2) is 0 Å². The molecule has 0 unspecified atom stereocenters. The lowest BCUT2D eigenvalue weighted by atomic mass is 10.1. The molecule has 5 nitrogen and oxygen atoms in total. The van der Waals surface area contributed by atoms with Crippen molar-refractivity contribution in [2.24, 2.45) is 0 Å². The van der Waals surface area contributed by atoms with Crippen LogP contribution in [0.25, 0.3) is 0 Å². The summed E-state index contributed by atoms with van der Waals surface area (Å²) in [6.07, 6.45) is 0. The van der Waals surface area contributed by atoms with Gasteiger partial charge < -0.3 is 14.5 Å². The molecule has 130 valence electrons. The molecular weight excluding hydrogens is 316 g/mol. The Balaban J connectivity index is 1.62. The van der Waals surface area contributed by atoms with E-state index < -0.39 is 0 Å². The van der Waals surface area contributed by atoms with Crippen molar-refractivity contribution in [1.82, 2.24) is 9.80 Å². The number of hydrogen-bond donors (Lipinski definition) is 0. The molecule has 1 aliphatic heterocycles. The van der Waals surface area contributed by atoms with Gasteiger partial charge in [-0.15, -0.1) is 0 Å². The van der Waals surface area contributed by atoms with E-state index in [1.54, 1.807) is 29.0 Å². The summed E-state index contributed by atoms with van der Waals surface area (Å²) in [5.74, 6) is 0.661. The quantitative estimate of drug-likeness (QED) is 0.864. The van der Waals surface area contributed by atoms with Crippen LogP contribution in [-0.4, -0.2) is 54.9 Å². The third-order valence-electron chi connectivity index (χ3n) is 4.47. The van der Waals surface area contributed by atoms with Crippen molar-refractivity contribution >= 4 is 11.8 Å². The van der Waals surface area contributed by atoms with Gasteiger partial charge in [0.1, 0.15) is 5.75 Å². The fourth-order valence-electron chi connectivity index (χ4n) is 2.93. The lowest BCUT2D eigenvalue weighted by Crippen LogP contribution is -2.50. The molecule has 1 saturated heterocycles. The molecule has 25 heavy (non-hydrogen) atoms. The summed E-state index contributed by atoms with van der Waals surface area (Å²) in [7, 11) is 1.58. The van der Waals surface area contributed by atoms with E-state index in [9.17, 15) is 9.59 Å². The number of amides is 2. The molecule has 1 fully saturated rings. The number of carbonyl (C=O) groups excluding carboxylic acids is 2. The lowest BCUT2D eigenvalue weighted by Gasteiger charge is -2.35. The molecule has 0 aromatic heterocycles. The summed E-state index contributed by atoms with van der Waals surface area (Å²) in [6.45, 7) is 4.16. The predicted molar refractivity (Wildman–Crippen MR) is 96.0 cm³/mol. The molecule has 2 aromatic rings. The molecule has 0 spiro atoms. The van der Waals surface area contributed by atoms with Gasteiger partial charge in [0, 0.05) is 37.3 Å². The van der Waals surface area contributed by atoms with Gasteiger partial charge in [0.2, 0.25) is 0 Å². The fraction of sp³-hybridized carbons (Fsp3) is 0.300. The average molecular weight is 338 g/mol. The first kappa shape index (κ1) is 17.0. The Morgan fingerprint density at radius 1 is 0.840 bits per heavy atom. The Morgan fingerprint density at radius 2 is 1.40 bits per heavy atom. The van der Waals surface area contributed by atoms with Crippen molar-refractivity contribution in [2.45, 2.75) is 6.92 Å². The zero-order chi connectivity index (χ0) is 17.8. The topological polar surface area (TPSA) is 49.9 Å². The maximum absolute atomic E-state index is 12.6. The smallest absolute Gasteiger partial charge is 0.254 e. The number of piperazine rings is 1. The molecule has 0 aliphatic carbocycles. The van der Waals surface area contributed by atoms with Crippen LogP contribution in [0.3, 0.4) is 0 Å². The molecule has 0 N–H and O–H groups in total. The van der Waals surface area contributed by atoms with Gasteiger partial charge in [-0.3, -0.25) is 9.59 Å². The van der Waals surface area contributed by atoms with Gasteiger partial charge in [-0.1, -0.05) is 23.8 Å². The van der Waals surface area contributed by atoms with Crippen LogP contribution in [0.15, 0.2) is 48.5 Å². The molecular formula is C20H22N2O3. The number of aryl methyl sites for hydroxylation is 1. The molecule has 3 rings (SSSR count). The number of benzene rings is 2. The van der Waals surface area contributed by atoms with Crippen LogP contribution >= 0.6 is 0 Å². The number of rotatable bonds is 3. The minimum absolute atomic E-state index is 0.0217. The highest BCUT2D eigenvalue weighted by atomic mass is 16.5. The van der Waals surface area contributed by atoms with Crippen LogP contribution in [0.2, 0.25) is 0 Å². The zero-order valence-corrected chi connectivity index (χ0v) is 14.6. The van der Waals surface area contributed by atoms with E-state index in [4.69, 9.17) is 4.74 Å². The first-order valence-corrected chi connectivity index (χ1v) is 8.38. The first-order chi connectivity index (χ1) is 12.1. The largest absolute Gasteiger partial charge is 0.497 e. The summed E-state index contributed by atoms with van der Waals surface area (Å²) in [4.78, 5) is 28.8. The second-order valence-electron chi connectivity index (χ2n) is 6.18. The van der Waals surface area contributed by atoms with Gasteiger partial charge in [0.25, 0.3) is 11.8 Å². The standard InChI is InChI=1S/C20H22N2O3/c1-15-6-8-16(9-7-15)19(23)21-10-12-22(13-11-21)20(24)17-4-3-5-18(14-17)25-2/h3-9,14H,10-13H2,1-2H3. The second kappa shape index (κ2) is 7.38. The summed E-state index contributed by atoms with van der Waals surface area (Å²) >= 11 is 0. The van der Waals surface area contributed by atoms with Crippen molar-refractivity contribution < 1.29 is 14.3 Å². The Labute approximate surface area is 147 Å². The van der Waals surface area contributed by atoms with E-state index in [1.165, 1.54) is 0 Å². The van der Waals surface area contributed by atoms with E-state index in [0.29, 0.717) is 43.1 Å². The van der Waals surface area contributed by atoms with E-state index >= 15 is 0 Å². The van der Waals surface area contributed by atoms with Gasteiger partial charge in [-0.2, -0.15) is 0 Å². The first-order valence-electron chi connectivity index (χ1n) is 8.38. The highest BCUT2D eigenvalue weighted by Crippen LogP contribution is 2.16. The Hall–Kier alpha value is -2.82. The van der Waals surface area contributed by atoms with E-state index in [1.807, 2.05) is 43.3 Å². The van der Waals surface area contributed by atoms with Crippen molar-refractivity contribution in [3.05, 3.63) is 65.2 Å². The molecule has 2 amide bonds. The van der Waals surface area contributed by atoms with Crippen LogP contribution in [-0.2, 0) is 0 Å². The predicted octanol–water partition coefficient (Wildman–Crippen LogP) is 2.60. The maximum Gasteiger partial charge on any atom is 0.254 e. The number of carbonyl (C=O) groups is 2. The van der Waals surface area contributed by atoms with Crippen molar-refractivity contribution in [1.29, 1.82) is 0 Å². The summed E-state index contributed by atoms with van der Waals surface area (Å²) in [5.41, 5.74) is 2.43. The fourth-order valence-corrected chi connectivity index (χ4v) is 2.93. The second-order valence-corrected chi connectivity index (χ2v) is 6.18. The maximum atomic E-state index is 12.6. The average Bonchev–Trinajstić information content (AvgIpc) is 2.67. The van der Waals surface area contributed by atoms with E-state index in [-0.39, 0.29) is 11.8 Å². The highest BCUT2D eigenvalue weighted by Gasteiger charge is 2.25. The third kappa shape index (κ3) is 3.82. The minimum Gasteiger partial charge on any atom is -0.497 e. The Kier molecular flexibility index (Phi) is 5.03. The number of methoxy groups -OCH3 is 1. The third-order valence-corrected chi connectivity index (χ3v) is 4.47. The summed E-state index contributed by atoms with van der Waals surface area (Å²) in [5, 5.41) is 0. The van der Waals surface area contributed by atoms with Crippen LogP contribution in [0.4, 0.5) is 0 Å². The van der Waals surface area contributed by atoms with Crippen LogP contribution < -0.4 is 4.74 Å². The molecule has 5 heteroatoms. The molecule has 1 aliphatic rings. The van der Waals surface area contributed by atoms with Crippen LogP contribution in [0.1, 0.15) is 26.3 Å². The van der Waals surface area contributed by atoms with Gasteiger partial charge in [0.05, 0.1) is 7.11 Å². The van der Waals surface area contributed by atoms with Crippen molar-refractivity contribution in [3.8, 4) is 5.75 Å². The Morgan fingerprint density at radius 3 is 1.96 bits per heavy atom. The SMILES string of the molecule is COc1cccc(C(=O)N2CCN(C(=O)c3ccc(C)cc3)CC2)c1. The van der Waals surface area contributed by atoms with Gasteiger partial charge in [-0.25, -0.2) is 0 Å². The molecule has 1 heterocycles. The van der Waals surface area contributed by atoms with E-state index in [2.05, 4.69) is 0 Å². The molecule has 2 aromatic carbocycles. The number of ether oxygens (including phenoxy) is 1. The minimum atomic E-state index is -0.0265. The lowest BCUT2D eigenvalue weighted by molar-refractivity contribution is 0.0535. The summed E-state index contributed by atoms with van der Waals surface area (Å²) in [6, 6.07) is 14.7. The zero-order valence-electron chi connectivity index (χ0n) is 14.6. The van der Waals surface area contributed by atoms with Crippen LogP contribution in [0, 0.1) is 6.92 Å². The normalized spacial score (nSPS) is 14.3. The van der Waals surface area contributed by atoms with E-state index in [0.717, 1.165) is 5.56 Å². The van der Waals surface area contributed by atoms with Gasteiger partial charge in [-0.05, 0) is 37.3 Å². The summed E-state index contributed by atoms with van der Waals surface area (Å²) < 4.78 is 5.17. The van der Waals surface area contributed by atoms with Crippen molar-refractivity contribution in [2.75, 3.05) is 33.3 Å².